The second-order valence-corrected chi connectivity index (χ2v) is 4.95. The minimum absolute atomic E-state index is 0.245. The van der Waals surface area contributed by atoms with Gasteiger partial charge >= 0.3 is 0 Å². The molecule has 1 fully saturated rings. The Hall–Kier alpha value is -1.35. The Labute approximate surface area is 109 Å². The van der Waals surface area contributed by atoms with Crippen LogP contribution in [0.25, 0.3) is 0 Å². The van der Waals surface area contributed by atoms with Crippen molar-refractivity contribution in [1.29, 1.82) is 0 Å². The van der Waals surface area contributed by atoms with Gasteiger partial charge in [-0.2, -0.15) is 0 Å². The highest BCUT2D eigenvalue weighted by Crippen LogP contribution is 2.54. The molecule has 1 aliphatic carbocycles. The molecule has 98 valence electrons. The van der Waals surface area contributed by atoms with Crippen LogP contribution in [0.15, 0.2) is 30.3 Å². The predicted octanol–water partition coefficient (Wildman–Crippen LogP) is 1.77. The number of rotatable bonds is 5. The third-order valence-corrected chi connectivity index (χ3v) is 4.11. The van der Waals surface area contributed by atoms with Crippen molar-refractivity contribution in [2.75, 3.05) is 19.6 Å². The third-order valence-electron chi connectivity index (χ3n) is 4.11. The van der Waals surface area contributed by atoms with Crippen LogP contribution in [0.2, 0.25) is 0 Å². The van der Waals surface area contributed by atoms with E-state index in [1.54, 1.807) is 0 Å². The summed E-state index contributed by atoms with van der Waals surface area (Å²) >= 11 is 0. The summed E-state index contributed by atoms with van der Waals surface area (Å²) in [4.78, 5) is 14.6. The zero-order chi connectivity index (χ0) is 13.2. The Morgan fingerprint density at radius 1 is 1.33 bits per heavy atom. The standard InChI is InChI=1S/C15H22N2O/c1-3-17(4-2)14(18)15(10-13(15)11-16)12-8-6-5-7-9-12/h5-9,13H,3-4,10-11,16H2,1-2H3/t13-,15?/m0/s1. The van der Waals surface area contributed by atoms with E-state index in [9.17, 15) is 4.79 Å². The molecule has 0 heterocycles. The number of hydrogen-bond acceptors (Lipinski definition) is 2. The molecule has 1 unspecified atom stereocenters. The number of hydrogen-bond donors (Lipinski definition) is 1. The molecule has 0 spiro atoms. The highest BCUT2D eigenvalue weighted by atomic mass is 16.2. The summed E-state index contributed by atoms with van der Waals surface area (Å²) in [5.74, 6) is 0.544. The average molecular weight is 246 g/mol. The SMILES string of the molecule is CCN(CC)C(=O)C1(c2ccccc2)C[C@H]1CN. The van der Waals surface area contributed by atoms with Gasteiger partial charge in [0.25, 0.3) is 0 Å². The van der Waals surface area contributed by atoms with Gasteiger partial charge < -0.3 is 10.6 Å². The lowest BCUT2D eigenvalue weighted by Gasteiger charge is -2.26. The number of carbonyl (C=O) groups excluding carboxylic acids is 1. The van der Waals surface area contributed by atoms with E-state index in [2.05, 4.69) is 12.1 Å². The first-order valence-electron chi connectivity index (χ1n) is 6.75. The smallest absolute Gasteiger partial charge is 0.233 e. The highest BCUT2D eigenvalue weighted by Gasteiger charge is 2.61. The average Bonchev–Trinajstić information content (AvgIpc) is 3.17. The molecule has 1 amide bonds. The Morgan fingerprint density at radius 3 is 2.39 bits per heavy atom. The Kier molecular flexibility index (Phi) is 3.71. The summed E-state index contributed by atoms with van der Waals surface area (Å²) in [5, 5.41) is 0. The monoisotopic (exact) mass is 246 g/mol. The van der Waals surface area contributed by atoms with Gasteiger partial charge in [0.05, 0.1) is 5.41 Å². The van der Waals surface area contributed by atoms with E-state index in [-0.39, 0.29) is 11.3 Å². The number of benzene rings is 1. The summed E-state index contributed by atoms with van der Waals surface area (Å²) in [5.41, 5.74) is 6.57. The lowest BCUT2D eigenvalue weighted by atomic mass is 9.91. The van der Waals surface area contributed by atoms with Crippen molar-refractivity contribution in [3.05, 3.63) is 35.9 Å². The quantitative estimate of drug-likeness (QED) is 0.860. The Balaban J connectivity index is 2.32. The number of nitrogens with zero attached hydrogens (tertiary/aromatic N) is 1. The predicted molar refractivity (Wildman–Crippen MR) is 73.2 cm³/mol. The molecular weight excluding hydrogens is 224 g/mol. The van der Waals surface area contributed by atoms with Crippen LogP contribution in [0.3, 0.4) is 0 Å². The van der Waals surface area contributed by atoms with Gasteiger partial charge in [-0.25, -0.2) is 0 Å². The Morgan fingerprint density at radius 2 is 1.94 bits per heavy atom. The summed E-state index contributed by atoms with van der Waals surface area (Å²) < 4.78 is 0. The number of carbonyl (C=O) groups is 1. The van der Waals surface area contributed by atoms with Crippen molar-refractivity contribution >= 4 is 5.91 Å². The van der Waals surface area contributed by atoms with E-state index in [4.69, 9.17) is 5.73 Å². The van der Waals surface area contributed by atoms with Gasteiger partial charge in [-0.1, -0.05) is 30.3 Å². The zero-order valence-corrected chi connectivity index (χ0v) is 11.2. The van der Waals surface area contributed by atoms with Crippen LogP contribution < -0.4 is 5.73 Å². The fraction of sp³-hybridized carbons (Fsp3) is 0.533. The van der Waals surface area contributed by atoms with E-state index >= 15 is 0 Å². The molecule has 0 aromatic heterocycles. The van der Waals surface area contributed by atoms with Crippen molar-refractivity contribution in [3.8, 4) is 0 Å². The van der Waals surface area contributed by atoms with Gasteiger partial charge in [0, 0.05) is 13.1 Å². The van der Waals surface area contributed by atoms with E-state index in [0.29, 0.717) is 12.5 Å². The van der Waals surface area contributed by atoms with Crippen molar-refractivity contribution in [2.24, 2.45) is 11.7 Å². The fourth-order valence-electron chi connectivity index (χ4n) is 2.88. The topological polar surface area (TPSA) is 46.3 Å². The molecule has 0 aliphatic heterocycles. The molecule has 2 atom stereocenters. The summed E-state index contributed by atoms with van der Waals surface area (Å²) in [6.45, 7) is 6.17. The molecule has 1 aromatic carbocycles. The minimum Gasteiger partial charge on any atom is -0.342 e. The molecule has 0 bridgehead atoms. The van der Waals surface area contributed by atoms with Crippen molar-refractivity contribution < 1.29 is 4.79 Å². The first-order valence-corrected chi connectivity index (χ1v) is 6.75. The number of likely N-dealkylation sites (N-methyl/N-ethyl adjacent to an activating group) is 1. The molecule has 0 radical (unpaired) electrons. The van der Waals surface area contributed by atoms with Crippen molar-refractivity contribution in [2.45, 2.75) is 25.7 Å². The van der Waals surface area contributed by atoms with Crippen LogP contribution in [-0.2, 0) is 10.2 Å². The second-order valence-electron chi connectivity index (χ2n) is 4.95. The van der Waals surface area contributed by atoms with Gasteiger partial charge in [-0.05, 0) is 38.3 Å². The summed E-state index contributed by atoms with van der Waals surface area (Å²) in [7, 11) is 0. The lowest BCUT2D eigenvalue weighted by molar-refractivity contribution is -0.134. The van der Waals surface area contributed by atoms with Crippen molar-refractivity contribution in [3.63, 3.8) is 0 Å². The van der Waals surface area contributed by atoms with Gasteiger partial charge in [-0.15, -0.1) is 0 Å². The fourth-order valence-corrected chi connectivity index (χ4v) is 2.88. The third kappa shape index (κ3) is 1.93. The largest absolute Gasteiger partial charge is 0.342 e. The molecule has 1 aromatic rings. The highest BCUT2D eigenvalue weighted by molar-refractivity contribution is 5.92. The van der Waals surface area contributed by atoms with Gasteiger partial charge in [0.2, 0.25) is 5.91 Å². The molecule has 3 nitrogen and oxygen atoms in total. The normalized spacial score (nSPS) is 25.8. The molecule has 18 heavy (non-hydrogen) atoms. The maximum Gasteiger partial charge on any atom is 0.233 e. The van der Waals surface area contributed by atoms with Crippen LogP contribution in [-0.4, -0.2) is 30.4 Å². The van der Waals surface area contributed by atoms with Crippen LogP contribution in [0.4, 0.5) is 0 Å². The van der Waals surface area contributed by atoms with E-state index < -0.39 is 0 Å². The van der Waals surface area contributed by atoms with Crippen LogP contribution >= 0.6 is 0 Å². The van der Waals surface area contributed by atoms with E-state index in [1.165, 1.54) is 0 Å². The molecule has 3 heteroatoms. The first kappa shape index (κ1) is 13.1. The second kappa shape index (κ2) is 5.11. The molecule has 0 saturated heterocycles. The molecule has 2 rings (SSSR count). The molecule has 2 N–H and O–H groups in total. The maximum absolute atomic E-state index is 12.7. The minimum atomic E-state index is -0.345. The lowest BCUT2D eigenvalue weighted by Crippen LogP contribution is -2.40. The maximum atomic E-state index is 12.7. The van der Waals surface area contributed by atoms with E-state index in [1.807, 2.05) is 36.9 Å². The molecule has 1 aliphatic rings. The van der Waals surface area contributed by atoms with Gasteiger partial charge in [-0.3, -0.25) is 4.79 Å². The van der Waals surface area contributed by atoms with Crippen molar-refractivity contribution in [1.82, 2.24) is 4.90 Å². The molecular formula is C15H22N2O. The van der Waals surface area contributed by atoms with Gasteiger partial charge in [0.15, 0.2) is 0 Å². The van der Waals surface area contributed by atoms with E-state index in [0.717, 1.165) is 25.1 Å². The first-order chi connectivity index (χ1) is 8.70. The van der Waals surface area contributed by atoms with Crippen LogP contribution in [0.5, 0.6) is 0 Å². The molecule has 1 saturated carbocycles. The van der Waals surface area contributed by atoms with Gasteiger partial charge in [0.1, 0.15) is 0 Å². The van der Waals surface area contributed by atoms with Crippen LogP contribution in [0, 0.1) is 5.92 Å². The Bertz CT molecular complexity index is 414. The zero-order valence-electron chi connectivity index (χ0n) is 11.2. The summed E-state index contributed by atoms with van der Waals surface area (Å²) in [6, 6.07) is 10.1. The number of nitrogens with two attached hydrogens (primary N) is 1. The van der Waals surface area contributed by atoms with Crippen LogP contribution in [0.1, 0.15) is 25.8 Å². The number of amides is 1. The summed E-state index contributed by atoms with van der Waals surface area (Å²) in [6.07, 6.45) is 0.892.